The van der Waals surface area contributed by atoms with E-state index in [4.69, 9.17) is 0 Å². The monoisotopic (exact) mass is 229 g/mol. The molecule has 2 aliphatic rings. The summed E-state index contributed by atoms with van der Waals surface area (Å²) in [7, 11) is 0. The molecule has 0 amide bonds. The van der Waals surface area contributed by atoms with E-state index in [-0.39, 0.29) is 5.41 Å². The van der Waals surface area contributed by atoms with Crippen LogP contribution in [0, 0.1) is 5.41 Å². The van der Waals surface area contributed by atoms with Crippen molar-refractivity contribution in [3.8, 4) is 0 Å². The number of rotatable bonds is 4. The molecule has 15 heavy (non-hydrogen) atoms. The molecule has 3 heteroatoms. The summed E-state index contributed by atoms with van der Waals surface area (Å²) >= 11 is 2.07. The van der Waals surface area contributed by atoms with Crippen molar-refractivity contribution in [3.63, 3.8) is 0 Å². The van der Waals surface area contributed by atoms with E-state index in [1.165, 1.54) is 50.0 Å². The Morgan fingerprint density at radius 3 is 2.47 bits per heavy atom. The number of nitrogens with one attached hydrogen (secondary N) is 1. The summed E-state index contributed by atoms with van der Waals surface area (Å²) < 4.78 is 0. The lowest BCUT2D eigenvalue weighted by Gasteiger charge is -2.31. The zero-order chi connectivity index (χ0) is 10.6. The van der Waals surface area contributed by atoms with Gasteiger partial charge in [-0.25, -0.2) is 0 Å². The van der Waals surface area contributed by atoms with Crippen molar-refractivity contribution >= 4 is 11.8 Å². The average molecular weight is 229 g/mol. The highest BCUT2D eigenvalue weighted by molar-refractivity contribution is 7.99. The molecule has 2 fully saturated rings. The first-order valence-corrected chi connectivity index (χ1v) is 7.42. The smallest absolute Gasteiger partial charge is 0.0499 e. The zero-order valence-electron chi connectivity index (χ0n) is 9.50. The van der Waals surface area contributed by atoms with Gasteiger partial charge in [0.25, 0.3) is 0 Å². The largest absolute Gasteiger partial charge is 0.396 e. The van der Waals surface area contributed by atoms with Crippen molar-refractivity contribution in [2.75, 3.05) is 24.7 Å². The summed E-state index contributed by atoms with van der Waals surface area (Å²) in [4.78, 5) is 0. The summed E-state index contributed by atoms with van der Waals surface area (Å²) in [6.45, 7) is 1.42. The van der Waals surface area contributed by atoms with E-state index in [0.717, 1.165) is 12.6 Å². The minimum atomic E-state index is 0.227. The molecular weight excluding hydrogens is 206 g/mol. The van der Waals surface area contributed by atoms with Gasteiger partial charge in [-0.3, -0.25) is 0 Å². The Kier molecular flexibility index (Phi) is 4.35. The lowest BCUT2D eigenvalue weighted by molar-refractivity contribution is 0.124. The topological polar surface area (TPSA) is 32.3 Å². The molecule has 0 radical (unpaired) electrons. The molecule has 1 heterocycles. The van der Waals surface area contributed by atoms with Gasteiger partial charge in [0.1, 0.15) is 0 Å². The van der Waals surface area contributed by atoms with Crippen LogP contribution in [0.4, 0.5) is 0 Å². The van der Waals surface area contributed by atoms with E-state index in [0.29, 0.717) is 6.61 Å². The highest BCUT2D eigenvalue weighted by Gasteiger charge is 2.33. The third kappa shape index (κ3) is 3.11. The summed E-state index contributed by atoms with van der Waals surface area (Å²) in [6.07, 6.45) is 7.68. The SMILES string of the molecule is OCC1(CNC2CCSCC2)CCCC1. The highest BCUT2D eigenvalue weighted by Crippen LogP contribution is 2.37. The number of thioether (sulfide) groups is 1. The van der Waals surface area contributed by atoms with E-state index in [2.05, 4.69) is 17.1 Å². The Morgan fingerprint density at radius 2 is 1.87 bits per heavy atom. The molecule has 1 saturated heterocycles. The third-order valence-corrected chi connectivity index (χ3v) is 5.04. The minimum absolute atomic E-state index is 0.227. The number of hydrogen-bond donors (Lipinski definition) is 2. The van der Waals surface area contributed by atoms with Crippen molar-refractivity contribution < 1.29 is 5.11 Å². The summed E-state index contributed by atoms with van der Waals surface area (Å²) in [6, 6.07) is 0.718. The lowest BCUT2D eigenvalue weighted by Crippen LogP contribution is -2.41. The van der Waals surface area contributed by atoms with Gasteiger partial charge in [-0.05, 0) is 37.2 Å². The predicted molar refractivity (Wildman–Crippen MR) is 66.3 cm³/mol. The Bertz CT molecular complexity index is 186. The molecular formula is C12H23NOS. The van der Waals surface area contributed by atoms with Crippen LogP contribution in [0.2, 0.25) is 0 Å². The van der Waals surface area contributed by atoms with E-state index >= 15 is 0 Å². The fourth-order valence-corrected chi connectivity index (χ4v) is 3.88. The van der Waals surface area contributed by atoms with Gasteiger partial charge in [-0.1, -0.05) is 12.8 Å². The first-order chi connectivity index (χ1) is 7.35. The Hall–Kier alpha value is 0.270. The second-order valence-corrected chi connectivity index (χ2v) is 6.36. The third-order valence-electron chi connectivity index (χ3n) is 3.99. The van der Waals surface area contributed by atoms with Gasteiger partial charge in [-0.2, -0.15) is 11.8 Å². The van der Waals surface area contributed by atoms with Crippen LogP contribution in [0.1, 0.15) is 38.5 Å². The molecule has 0 aromatic heterocycles. The maximum absolute atomic E-state index is 9.50. The zero-order valence-corrected chi connectivity index (χ0v) is 10.3. The van der Waals surface area contributed by atoms with Crippen molar-refractivity contribution in [1.29, 1.82) is 0 Å². The van der Waals surface area contributed by atoms with Crippen molar-refractivity contribution in [3.05, 3.63) is 0 Å². The first-order valence-electron chi connectivity index (χ1n) is 6.27. The standard InChI is InChI=1S/C12H23NOS/c14-10-12(5-1-2-6-12)9-13-11-3-7-15-8-4-11/h11,13-14H,1-10H2. The lowest BCUT2D eigenvalue weighted by atomic mass is 9.87. The molecule has 1 aliphatic heterocycles. The van der Waals surface area contributed by atoms with Gasteiger partial charge in [0.15, 0.2) is 0 Å². The predicted octanol–water partition coefficient (Wildman–Crippen LogP) is 2.02. The van der Waals surface area contributed by atoms with Crippen LogP contribution >= 0.6 is 11.8 Å². The quantitative estimate of drug-likeness (QED) is 0.773. The number of hydrogen-bond acceptors (Lipinski definition) is 3. The number of aliphatic hydroxyl groups is 1. The van der Waals surface area contributed by atoms with E-state index in [9.17, 15) is 5.11 Å². The normalized spacial score (nSPS) is 27.0. The molecule has 0 spiro atoms. The molecule has 2 rings (SSSR count). The van der Waals surface area contributed by atoms with Crippen molar-refractivity contribution in [1.82, 2.24) is 5.32 Å². The molecule has 2 N–H and O–H groups in total. The maximum Gasteiger partial charge on any atom is 0.0499 e. The molecule has 0 aromatic carbocycles. The van der Waals surface area contributed by atoms with Gasteiger partial charge >= 0.3 is 0 Å². The highest BCUT2D eigenvalue weighted by atomic mass is 32.2. The first kappa shape index (κ1) is 11.7. The van der Waals surface area contributed by atoms with Gasteiger partial charge in [-0.15, -0.1) is 0 Å². The molecule has 88 valence electrons. The minimum Gasteiger partial charge on any atom is -0.396 e. The van der Waals surface area contributed by atoms with Gasteiger partial charge in [0.2, 0.25) is 0 Å². The molecule has 0 aromatic rings. The van der Waals surface area contributed by atoms with Crippen LogP contribution in [0.3, 0.4) is 0 Å². The molecule has 2 nitrogen and oxygen atoms in total. The molecule has 0 unspecified atom stereocenters. The molecule has 0 bridgehead atoms. The van der Waals surface area contributed by atoms with Crippen LogP contribution < -0.4 is 5.32 Å². The average Bonchev–Trinajstić information content (AvgIpc) is 2.77. The fourth-order valence-electron chi connectivity index (χ4n) is 2.78. The van der Waals surface area contributed by atoms with E-state index in [1.807, 2.05) is 0 Å². The molecule has 1 saturated carbocycles. The summed E-state index contributed by atoms with van der Waals surface area (Å²) in [5.41, 5.74) is 0.227. The van der Waals surface area contributed by atoms with Crippen LogP contribution in [0.15, 0.2) is 0 Å². The van der Waals surface area contributed by atoms with Gasteiger partial charge in [0, 0.05) is 24.6 Å². The fraction of sp³-hybridized carbons (Fsp3) is 1.00. The van der Waals surface area contributed by atoms with Crippen molar-refractivity contribution in [2.45, 2.75) is 44.6 Å². The van der Waals surface area contributed by atoms with Crippen LogP contribution in [-0.4, -0.2) is 35.8 Å². The van der Waals surface area contributed by atoms with E-state index in [1.54, 1.807) is 0 Å². The van der Waals surface area contributed by atoms with E-state index < -0.39 is 0 Å². The second kappa shape index (κ2) is 5.55. The molecule has 0 atom stereocenters. The van der Waals surface area contributed by atoms with Gasteiger partial charge in [0.05, 0.1) is 0 Å². The number of aliphatic hydroxyl groups excluding tert-OH is 1. The summed E-state index contributed by atoms with van der Waals surface area (Å²) in [5, 5.41) is 13.2. The Morgan fingerprint density at radius 1 is 1.20 bits per heavy atom. The maximum atomic E-state index is 9.50. The second-order valence-electron chi connectivity index (χ2n) is 5.13. The van der Waals surface area contributed by atoms with Crippen LogP contribution in [0.5, 0.6) is 0 Å². The van der Waals surface area contributed by atoms with Crippen LogP contribution in [0.25, 0.3) is 0 Å². The van der Waals surface area contributed by atoms with Crippen molar-refractivity contribution in [2.24, 2.45) is 5.41 Å². The van der Waals surface area contributed by atoms with Crippen LogP contribution in [-0.2, 0) is 0 Å². The molecule has 1 aliphatic carbocycles. The van der Waals surface area contributed by atoms with Gasteiger partial charge < -0.3 is 10.4 Å². The Labute approximate surface area is 97.2 Å². The Balaban J connectivity index is 1.75. The summed E-state index contributed by atoms with van der Waals surface area (Å²) in [5.74, 6) is 2.62.